The molecule has 0 aliphatic carbocycles. The molecule has 102 valence electrons. The van der Waals surface area contributed by atoms with E-state index in [1.165, 1.54) is 29.7 Å². The van der Waals surface area contributed by atoms with Gasteiger partial charge in [-0.1, -0.05) is 29.8 Å². The first kappa shape index (κ1) is 15.6. The molecule has 0 atom stereocenters. The van der Waals surface area contributed by atoms with E-state index in [1.54, 1.807) is 0 Å². The highest BCUT2D eigenvalue weighted by Gasteiger charge is 2.06. The molecule has 0 unspecified atom stereocenters. The Hall–Kier alpha value is -0.470. The molecule has 18 heavy (non-hydrogen) atoms. The Bertz CT molecular complexity index is 341. The summed E-state index contributed by atoms with van der Waals surface area (Å²) < 4.78 is 0. The van der Waals surface area contributed by atoms with Crippen LogP contribution in [0.4, 0.5) is 0 Å². The van der Waals surface area contributed by atoms with Crippen molar-refractivity contribution in [3.63, 3.8) is 0 Å². The van der Waals surface area contributed by atoms with Crippen LogP contribution in [0.5, 0.6) is 0 Å². The molecule has 0 saturated heterocycles. The highest BCUT2D eigenvalue weighted by molar-refractivity contribution is 7.98. The molecule has 1 nitrogen and oxygen atoms in total. The van der Waals surface area contributed by atoms with Crippen LogP contribution in [-0.2, 0) is 5.75 Å². The molecule has 0 saturated carbocycles. The Labute approximate surface area is 117 Å². The number of hydrogen-bond donors (Lipinski definition) is 1. The molecule has 0 bridgehead atoms. The van der Waals surface area contributed by atoms with Crippen LogP contribution in [0.3, 0.4) is 0 Å². The van der Waals surface area contributed by atoms with Crippen LogP contribution in [-0.4, -0.2) is 17.8 Å². The van der Waals surface area contributed by atoms with Crippen LogP contribution >= 0.6 is 11.8 Å². The summed E-state index contributed by atoms with van der Waals surface area (Å²) in [6.45, 7) is 9.96. The van der Waals surface area contributed by atoms with Crippen molar-refractivity contribution in [2.24, 2.45) is 0 Å². The Morgan fingerprint density at radius 2 is 1.94 bits per heavy atom. The molecule has 0 aliphatic rings. The highest BCUT2D eigenvalue weighted by atomic mass is 32.2. The predicted octanol–water partition coefficient (Wildman–Crippen LogP) is 4.40. The lowest BCUT2D eigenvalue weighted by molar-refractivity contribution is 0.421. The standard InChI is InChI=1S/C16H27NS/c1-14-8-7-9-15(12-14)13-18-11-6-5-10-17-16(2,3)4/h7-9,12,17H,5-6,10-11,13H2,1-4H3. The van der Waals surface area contributed by atoms with E-state index in [-0.39, 0.29) is 5.54 Å². The number of unbranched alkanes of at least 4 members (excludes halogenated alkanes) is 1. The molecule has 0 spiro atoms. The van der Waals surface area contributed by atoms with E-state index in [4.69, 9.17) is 0 Å². The van der Waals surface area contributed by atoms with Crippen molar-refractivity contribution in [1.82, 2.24) is 5.32 Å². The number of thioether (sulfide) groups is 1. The monoisotopic (exact) mass is 265 g/mol. The number of rotatable bonds is 7. The van der Waals surface area contributed by atoms with Crippen LogP contribution in [0.15, 0.2) is 24.3 Å². The minimum Gasteiger partial charge on any atom is -0.312 e. The summed E-state index contributed by atoms with van der Waals surface area (Å²) >= 11 is 2.05. The van der Waals surface area contributed by atoms with Gasteiger partial charge in [0.05, 0.1) is 0 Å². The largest absolute Gasteiger partial charge is 0.312 e. The van der Waals surface area contributed by atoms with E-state index in [0.29, 0.717) is 0 Å². The average Bonchev–Trinajstić information content (AvgIpc) is 2.26. The minimum absolute atomic E-state index is 0.259. The van der Waals surface area contributed by atoms with Crippen molar-refractivity contribution < 1.29 is 0 Å². The fourth-order valence-corrected chi connectivity index (χ4v) is 2.75. The first-order valence-corrected chi connectivity index (χ1v) is 8.01. The molecular formula is C16H27NS. The van der Waals surface area contributed by atoms with E-state index in [1.807, 2.05) is 11.8 Å². The summed E-state index contributed by atoms with van der Waals surface area (Å²) in [5, 5.41) is 3.53. The normalized spacial score (nSPS) is 11.8. The van der Waals surface area contributed by atoms with E-state index in [2.05, 4.69) is 57.3 Å². The van der Waals surface area contributed by atoms with E-state index in [9.17, 15) is 0 Å². The van der Waals surface area contributed by atoms with E-state index >= 15 is 0 Å². The zero-order chi connectivity index (χ0) is 13.4. The predicted molar refractivity (Wildman–Crippen MR) is 84.3 cm³/mol. The molecule has 0 heterocycles. The molecule has 1 rings (SSSR count). The molecule has 1 aromatic rings. The SMILES string of the molecule is Cc1cccc(CSCCCCNC(C)(C)C)c1. The van der Waals surface area contributed by atoms with Gasteiger partial charge >= 0.3 is 0 Å². The third-order valence-corrected chi connectivity index (χ3v) is 3.84. The van der Waals surface area contributed by atoms with Crippen LogP contribution in [0.25, 0.3) is 0 Å². The summed E-state index contributed by atoms with van der Waals surface area (Å²) in [7, 11) is 0. The first-order valence-electron chi connectivity index (χ1n) is 6.86. The van der Waals surface area contributed by atoms with Gasteiger partial charge in [0.1, 0.15) is 0 Å². The summed E-state index contributed by atoms with van der Waals surface area (Å²) in [4.78, 5) is 0. The second-order valence-corrected chi connectivity index (χ2v) is 7.03. The molecule has 1 aromatic carbocycles. The Morgan fingerprint density at radius 3 is 2.61 bits per heavy atom. The molecular weight excluding hydrogens is 238 g/mol. The van der Waals surface area contributed by atoms with Crippen LogP contribution in [0.1, 0.15) is 44.7 Å². The van der Waals surface area contributed by atoms with Crippen molar-refractivity contribution in [2.45, 2.75) is 51.8 Å². The van der Waals surface area contributed by atoms with Gasteiger partial charge in [-0.25, -0.2) is 0 Å². The number of hydrogen-bond acceptors (Lipinski definition) is 2. The van der Waals surface area contributed by atoms with Crippen molar-refractivity contribution in [2.75, 3.05) is 12.3 Å². The van der Waals surface area contributed by atoms with Crippen molar-refractivity contribution in [3.8, 4) is 0 Å². The van der Waals surface area contributed by atoms with Crippen molar-refractivity contribution in [3.05, 3.63) is 35.4 Å². The fourth-order valence-electron chi connectivity index (χ4n) is 1.78. The van der Waals surface area contributed by atoms with Gasteiger partial charge in [0, 0.05) is 11.3 Å². The molecule has 0 amide bonds. The van der Waals surface area contributed by atoms with Gasteiger partial charge < -0.3 is 5.32 Å². The van der Waals surface area contributed by atoms with Crippen molar-refractivity contribution >= 4 is 11.8 Å². The van der Waals surface area contributed by atoms with Gasteiger partial charge in [-0.3, -0.25) is 0 Å². The second-order valence-electron chi connectivity index (χ2n) is 5.93. The molecule has 2 heteroatoms. The third kappa shape index (κ3) is 7.78. The fraction of sp³-hybridized carbons (Fsp3) is 0.625. The smallest absolute Gasteiger partial charge is 0.0184 e. The van der Waals surface area contributed by atoms with Gasteiger partial charge in [0.15, 0.2) is 0 Å². The summed E-state index contributed by atoms with van der Waals surface area (Å²) in [5.74, 6) is 2.41. The molecule has 0 radical (unpaired) electrons. The molecule has 0 fully saturated rings. The van der Waals surface area contributed by atoms with Crippen LogP contribution < -0.4 is 5.32 Å². The van der Waals surface area contributed by atoms with Crippen LogP contribution in [0.2, 0.25) is 0 Å². The quantitative estimate of drug-likeness (QED) is 0.734. The van der Waals surface area contributed by atoms with Gasteiger partial charge in [-0.15, -0.1) is 0 Å². The zero-order valence-corrected chi connectivity index (χ0v) is 13.1. The van der Waals surface area contributed by atoms with Gasteiger partial charge in [-0.05, 0) is 58.4 Å². The lowest BCUT2D eigenvalue weighted by Gasteiger charge is -2.20. The Balaban J connectivity index is 2.02. The van der Waals surface area contributed by atoms with Gasteiger partial charge in [0.2, 0.25) is 0 Å². The molecule has 1 N–H and O–H groups in total. The average molecular weight is 265 g/mol. The summed E-state index contributed by atoms with van der Waals surface area (Å²) in [6, 6.07) is 8.82. The number of nitrogens with one attached hydrogen (secondary N) is 1. The molecule has 0 aromatic heterocycles. The maximum absolute atomic E-state index is 3.53. The highest BCUT2D eigenvalue weighted by Crippen LogP contribution is 2.14. The lowest BCUT2D eigenvalue weighted by Crippen LogP contribution is -2.36. The van der Waals surface area contributed by atoms with E-state index in [0.717, 1.165) is 12.3 Å². The maximum Gasteiger partial charge on any atom is 0.0184 e. The van der Waals surface area contributed by atoms with Gasteiger partial charge in [0.25, 0.3) is 0 Å². The zero-order valence-electron chi connectivity index (χ0n) is 12.3. The van der Waals surface area contributed by atoms with Gasteiger partial charge in [-0.2, -0.15) is 11.8 Å². The Morgan fingerprint density at radius 1 is 1.17 bits per heavy atom. The Kier molecular flexibility index (Phi) is 6.80. The van der Waals surface area contributed by atoms with Crippen molar-refractivity contribution in [1.29, 1.82) is 0 Å². The topological polar surface area (TPSA) is 12.0 Å². The second kappa shape index (κ2) is 7.85. The lowest BCUT2D eigenvalue weighted by atomic mass is 10.1. The maximum atomic E-state index is 3.53. The van der Waals surface area contributed by atoms with E-state index < -0.39 is 0 Å². The third-order valence-electron chi connectivity index (χ3n) is 2.72. The molecule has 0 aliphatic heterocycles. The van der Waals surface area contributed by atoms with Crippen LogP contribution in [0, 0.1) is 6.92 Å². The number of aryl methyl sites for hydroxylation is 1. The number of benzene rings is 1. The summed E-state index contributed by atoms with van der Waals surface area (Å²) in [5.41, 5.74) is 3.07. The summed E-state index contributed by atoms with van der Waals surface area (Å²) in [6.07, 6.45) is 2.58. The minimum atomic E-state index is 0.259. The first-order chi connectivity index (χ1) is 8.47.